The number of ether oxygens (including phenoxy) is 2. The molecule has 1 saturated heterocycles. The zero-order valence-electron chi connectivity index (χ0n) is 22.1. The van der Waals surface area contributed by atoms with Crippen LogP contribution in [0.5, 0.6) is 5.75 Å². The summed E-state index contributed by atoms with van der Waals surface area (Å²) in [7, 11) is 3.15. The number of carbonyl (C=O) groups excluding carboxylic acids is 2. The summed E-state index contributed by atoms with van der Waals surface area (Å²) >= 11 is 0. The molecule has 3 aromatic heterocycles. The number of morpholine rings is 1. The number of methoxy groups -OCH3 is 1. The molecule has 4 heterocycles. The minimum absolute atomic E-state index is 0.0281. The molecule has 3 aromatic rings. The number of aromatic nitrogens is 6. The molecule has 35 heavy (non-hydrogen) atoms. The summed E-state index contributed by atoms with van der Waals surface area (Å²) in [4.78, 5) is 35.7. The standard InChI is InChI=1S/C21H26N10O4/c1-22-21(33)17-14(10-15(27-28-17)26-16(32)11-31-6-8-35-9-7-31)25-20-18(34-3)13(4-5-23-20)19-24-12-30(2)29-19/h4-5,10,12H,6-9,11H2,1-3H3,(H,22,33)(H2,23,25,26,27,32)/i1D3. The van der Waals surface area contributed by atoms with Gasteiger partial charge in [-0.25, -0.2) is 9.97 Å². The molecule has 0 aromatic carbocycles. The lowest BCUT2D eigenvalue weighted by atomic mass is 10.2. The highest BCUT2D eigenvalue weighted by Gasteiger charge is 2.21. The van der Waals surface area contributed by atoms with Crippen LogP contribution in [0.3, 0.4) is 0 Å². The van der Waals surface area contributed by atoms with Crippen LogP contribution < -0.4 is 20.7 Å². The first-order valence-corrected chi connectivity index (χ1v) is 10.6. The number of amides is 2. The molecule has 2 amide bonds. The van der Waals surface area contributed by atoms with E-state index in [2.05, 4.69) is 35.9 Å². The zero-order chi connectivity index (χ0) is 27.3. The molecule has 0 radical (unpaired) electrons. The summed E-state index contributed by atoms with van der Waals surface area (Å²) in [6, 6.07) is 3.01. The molecule has 1 aliphatic rings. The van der Waals surface area contributed by atoms with Gasteiger partial charge in [-0.1, -0.05) is 0 Å². The first-order valence-electron chi connectivity index (χ1n) is 12.1. The van der Waals surface area contributed by atoms with Gasteiger partial charge in [-0.3, -0.25) is 19.2 Å². The lowest BCUT2D eigenvalue weighted by Crippen LogP contribution is -2.41. The van der Waals surface area contributed by atoms with Crippen LogP contribution in [-0.4, -0.2) is 93.6 Å². The van der Waals surface area contributed by atoms with Gasteiger partial charge in [0.25, 0.3) is 5.91 Å². The smallest absolute Gasteiger partial charge is 0.273 e. The van der Waals surface area contributed by atoms with Crippen molar-refractivity contribution in [2.75, 3.05) is 57.6 Å². The minimum Gasteiger partial charge on any atom is -0.492 e. The normalized spacial score (nSPS) is 15.4. The van der Waals surface area contributed by atoms with Gasteiger partial charge in [-0.15, -0.1) is 10.2 Å². The second kappa shape index (κ2) is 10.8. The Balaban J connectivity index is 1.65. The van der Waals surface area contributed by atoms with E-state index in [0.717, 1.165) is 0 Å². The molecule has 1 aliphatic heterocycles. The Morgan fingerprint density at radius 1 is 1.26 bits per heavy atom. The lowest BCUT2D eigenvalue weighted by Gasteiger charge is -2.25. The van der Waals surface area contributed by atoms with Crippen LogP contribution in [0.1, 0.15) is 14.6 Å². The number of hydrogen-bond acceptors (Lipinski definition) is 11. The fraction of sp³-hybridized carbons (Fsp3) is 0.381. The summed E-state index contributed by atoms with van der Waals surface area (Å²) in [5.74, 6) is -0.509. The highest BCUT2D eigenvalue weighted by Crippen LogP contribution is 2.35. The van der Waals surface area contributed by atoms with Crippen LogP contribution in [0.2, 0.25) is 0 Å². The topological polar surface area (TPSA) is 161 Å². The van der Waals surface area contributed by atoms with E-state index in [0.29, 0.717) is 37.7 Å². The fourth-order valence-corrected chi connectivity index (χ4v) is 3.43. The number of pyridine rings is 1. The quantitative estimate of drug-likeness (QED) is 0.395. The van der Waals surface area contributed by atoms with E-state index >= 15 is 0 Å². The number of hydrogen-bond donors (Lipinski definition) is 3. The first kappa shape index (κ1) is 20.2. The van der Waals surface area contributed by atoms with Crippen molar-refractivity contribution in [2.45, 2.75) is 0 Å². The molecule has 0 unspecified atom stereocenters. The summed E-state index contributed by atoms with van der Waals surface area (Å²) in [6.45, 7) is -0.335. The van der Waals surface area contributed by atoms with E-state index in [9.17, 15) is 9.59 Å². The van der Waals surface area contributed by atoms with Crippen molar-refractivity contribution in [3.8, 4) is 17.1 Å². The van der Waals surface area contributed by atoms with Gasteiger partial charge in [0, 0.05) is 43.5 Å². The van der Waals surface area contributed by atoms with Crippen molar-refractivity contribution in [2.24, 2.45) is 7.05 Å². The van der Waals surface area contributed by atoms with Crippen LogP contribution in [0.25, 0.3) is 11.4 Å². The molecule has 4 rings (SSSR count). The molecule has 0 saturated carbocycles. The lowest BCUT2D eigenvalue weighted by molar-refractivity contribution is -0.118. The number of aryl methyl sites for hydroxylation is 1. The first-order chi connectivity index (χ1) is 18.1. The maximum Gasteiger partial charge on any atom is 0.273 e. The molecule has 0 spiro atoms. The van der Waals surface area contributed by atoms with E-state index in [1.807, 2.05) is 10.2 Å². The summed E-state index contributed by atoms with van der Waals surface area (Å²) in [5.41, 5.74) is 0.206. The molecule has 184 valence electrons. The third kappa shape index (κ3) is 5.67. The Morgan fingerprint density at radius 3 is 2.80 bits per heavy atom. The highest BCUT2D eigenvalue weighted by molar-refractivity contribution is 5.99. The van der Waals surface area contributed by atoms with Crippen LogP contribution in [0.4, 0.5) is 17.3 Å². The summed E-state index contributed by atoms with van der Waals surface area (Å²) in [5, 5.41) is 19.5. The second-order valence-corrected chi connectivity index (χ2v) is 7.49. The number of nitrogens with one attached hydrogen (secondary N) is 3. The number of anilines is 3. The van der Waals surface area contributed by atoms with E-state index in [4.69, 9.17) is 13.6 Å². The molecule has 1 fully saturated rings. The Bertz CT molecular complexity index is 1310. The van der Waals surface area contributed by atoms with Gasteiger partial charge in [0.1, 0.15) is 6.33 Å². The van der Waals surface area contributed by atoms with Gasteiger partial charge in [-0.05, 0) is 6.07 Å². The number of rotatable bonds is 8. The van der Waals surface area contributed by atoms with Crippen molar-refractivity contribution in [3.05, 3.63) is 30.4 Å². The van der Waals surface area contributed by atoms with Crippen molar-refractivity contribution in [3.63, 3.8) is 0 Å². The molecule has 14 nitrogen and oxygen atoms in total. The van der Waals surface area contributed by atoms with Crippen LogP contribution >= 0.6 is 0 Å². The van der Waals surface area contributed by atoms with E-state index in [1.54, 1.807) is 13.1 Å². The summed E-state index contributed by atoms with van der Waals surface area (Å²) in [6.07, 6.45) is 3.01. The Labute approximate surface area is 205 Å². The monoisotopic (exact) mass is 485 g/mol. The maximum absolute atomic E-state index is 12.7. The number of nitrogens with zero attached hydrogens (tertiary/aromatic N) is 7. The van der Waals surface area contributed by atoms with Crippen LogP contribution in [-0.2, 0) is 16.6 Å². The van der Waals surface area contributed by atoms with Crippen molar-refractivity contribution in [1.29, 1.82) is 0 Å². The fourth-order valence-electron chi connectivity index (χ4n) is 3.43. The average Bonchev–Trinajstić information content (AvgIpc) is 3.29. The van der Waals surface area contributed by atoms with Crippen molar-refractivity contribution in [1.82, 2.24) is 40.2 Å². The maximum atomic E-state index is 12.7. The Morgan fingerprint density at radius 2 is 2.09 bits per heavy atom. The van der Waals surface area contributed by atoms with Crippen LogP contribution in [0, 0.1) is 0 Å². The largest absolute Gasteiger partial charge is 0.492 e. The molecule has 0 atom stereocenters. The highest BCUT2D eigenvalue weighted by atomic mass is 16.5. The second-order valence-electron chi connectivity index (χ2n) is 7.49. The van der Waals surface area contributed by atoms with Gasteiger partial charge in [0.15, 0.2) is 28.9 Å². The minimum atomic E-state index is -2.76. The predicted molar refractivity (Wildman–Crippen MR) is 125 cm³/mol. The van der Waals surface area contributed by atoms with Crippen molar-refractivity contribution < 1.29 is 23.2 Å². The third-order valence-electron chi connectivity index (χ3n) is 5.06. The average molecular weight is 486 g/mol. The van der Waals surface area contributed by atoms with Gasteiger partial charge in [0.05, 0.1) is 38.1 Å². The van der Waals surface area contributed by atoms with Crippen LogP contribution in [0.15, 0.2) is 24.7 Å². The zero-order valence-corrected chi connectivity index (χ0v) is 19.1. The van der Waals surface area contributed by atoms with Crippen molar-refractivity contribution >= 4 is 29.1 Å². The van der Waals surface area contributed by atoms with E-state index in [1.165, 1.54) is 30.4 Å². The number of carbonyl (C=O) groups is 2. The van der Waals surface area contributed by atoms with Gasteiger partial charge in [0.2, 0.25) is 5.91 Å². The molecule has 0 aliphatic carbocycles. The van der Waals surface area contributed by atoms with E-state index < -0.39 is 12.9 Å². The van der Waals surface area contributed by atoms with E-state index in [-0.39, 0.29) is 41.2 Å². The van der Waals surface area contributed by atoms with Gasteiger partial charge >= 0.3 is 0 Å². The molecule has 0 bridgehead atoms. The predicted octanol–water partition coefficient (Wildman–Crippen LogP) is 0.0496. The third-order valence-corrected chi connectivity index (χ3v) is 5.06. The molecular weight excluding hydrogens is 456 g/mol. The SMILES string of the molecule is [2H]C([2H])([2H])NC(=O)c1nnc(NC(=O)CN2CCOCC2)cc1Nc1nccc(-c2ncn(C)n2)c1OC. The molecule has 3 N–H and O–H groups in total. The Hall–Kier alpha value is -4.17. The summed E-state index contributed by atoms with van der Waals surface area (Å²) < 4.78 is 34.5. The van der Waals surface area contributed by atoms with Gasteiger partial charge in [-0.2, -0.15) is 5.10 Å². The molecule has 14 heteroatoms. The Kier molecular flexibility index (Phi) is 6.26. The van der Waals surface area contributed by atoms with Gasteiger partial charge < -0.3 is 25.4 Å². The molecular formula is C21H26N10O4.